The zero-order chi connectivity index (χ0) is 33.0. The Morgan fingerprint density at radius 3 is 1.59 bits per heavy atom. The van der Waals surface area contributed by atoms with Gasteiger partial charge in [-0.3, -0.25) is 0 Å². The summed E-state index contributed by atoms with van der Waals surface area (Å²) in [5.41, 5.74) is 9.21. The van der Waals surface area contributed by atoms with Crippen molar-refractivity contribution in [2.45, 2.75) is 0 Å². The molecule has 0 saturated carbocycles. The maximum Gasteiger partial charge on any atom is 0.164 e. The molecule has 7 aromatic carbocycles. The van der Waals surface area contributed by atoms with E-state index in [1.165, 1.54) is 0 Å². The number of hydrogen-bond donors (Lipinski definition) is 0. The molecule has 0 saturated heterocycles. The topological polar surface area (TPSA) is 55.7 Å². The molecule has 0 radical (unpaired) electrons. The highest BCUT2D eigenvalue weighted by atomic mass is 31.2. The molecule has 8 aromatic rings. The van der Waals surface area contributed by atoms with Crippen LogP contribution in [0.1, 0.15) is 0 Å². The third-order valence-corrected chi connectivity index (χ3v) is 12.1. The molecule has 1 aromatic heterocycles. The second kappa shape index (κ2) is 11.6. The smallest absolute Gasteiger partial charge is 0.164 e. The Morgan fingerprint density at radius 2 is 0.918 bits per heavy atom. The van der Waals surface area contributed by atoms with Gasteiger partial charge in [0, 0.05) is 27.3 Å². The van der Waals surface area contributed by atoms with Gasteiger partial charge < -0.3 is 4.57 Å². The third-order valence-electron chi connectivity index (χ3n) is 9.44. The van der Waals surface area contributed by atoms with Crippen molar-refractivity contribution in [3.05, 3.63) is 164 Å². The SMILES string of the molecule is CP1(=O)c2ccccc2-c2cccc(-c3cc(-c4ccc(-c5nc(-c6ccccc6)nc(-c6ccccc6)n5)cc4)c4ccccc4c3)c21. The van der Waals surface area contributed by atoms with Gasteiger partial charge in [-0.05, 0) is 63.0 Å². The van der Waals surface area contributed by atoms with E-state index in [-0.39, 0.29) is 0 Å². The minimum Gasteiger partial charge on any atom is -0.314 e. The lowest BCUT2D eigenvalue weighted by Gasteiger charge is -2.17. The van der Waals surface area contributed by atoms with Gasteiger partial charge in [-0.25, -0.2) is 15.0 Å². The summed E-state index contributed by atoms with van der Waals surface area (Å²) in [5, 5.41) is 4.19. The predicted octanol–water partition coefficient (Wildman–Crippen LogP) is 10.3. The van der Waals surface area contributed by atoms with Gasteiger partial charge in [0.25, 0.3) is 0 Å². The summed E-state index contributed by atoms with van der Waals surface area (Å²) < 4.78 is 14.5. The molecule has 49 heavy (non-hydrogen) atoms. The molecule has 1 aliphatic rings. The maximum atomic E-state index is 14.5. The van der Waals surface area contributed by atoms with E-state index in [0.29, 0.717) is 17.5 Å². The molecule has 1 aliphatic heterocycles. The quantitative estimate of drug-likeness (QED) is 0.175. The van der Waals surface area contributed by atoms with Crippen LogP contribution in [0.3, 0.4) is 0 Å². The average Bonchev–Trinajstić information content (AvgIpc) is 3.41. The fourth-order valence-electron chi connectivity index (χ4n) is 7.09. The van der Waals surface area contributed by atoms with Crippen molar-refractivity contribution in [2.24, 2.45) is 0 Å². The van der Waals surface area contributed by atoms with Crippen LogP contribution < -0.4 is 10.6 Å². The standard InChI is InChI=1S/C44H30N3OP/c1-49(48)40-22-11-10-19-37(40)38-21-12-20-36(41(38)49)34-27-33-17-8-9-18-35(33)39(28-34)29-23-25-32(26-24-29)44-46-42(30-13-4-2-5-14-30)45-43(47-44)31-15-6-3-7-16-31/h2-28H,1H3. The van der Waals surface area contributed by atoms with Crippen LogP contribution in [0.4, 0.5) is 0 Å². The summed E-state index contributed by atoms with van der Waals surface area (Å²) in [6, 6.07) is 55.9. The van der Waals surface area contributed by atoms with Crippen LogP contribution >= 0.6 is 7.14 Å². The van der Waals surface area contributed by atoms with E-state index in [2.05, 4.69) is 84.9 Å². The van der Waals surface area contributed by atoms with Crippen LogP contribution in [0.5, 0.6) is 0 Å². The molecule has 0 aliphatic carbocycles. The van der Waals surface area contributed by atoms with Crippen LogP contribution in [0.25, 0.3) is 78.3 Å². The Labute approximate surface area is 285 Å². The first-order chi connectivity index (χ1) is 24.0. The molecule has 0 spiro atoms. The summed E-state index contributed by atoms with van der Waals surface area (Å²) in [7, 11) is -2.79. The zero-order valence-corrected chi connectivity index (χ0v) is 27.7. The van der Waals surface area contributed by atoms with Crippen molar-refractivity contribution in [3.8, 4) is 67.5 Å². The Morgan fingerprint density at radius 1 is 0.408 bits per heavy atom. The molecule has 0 amide bonds. The van der Waals surface area contributed by atoms with Crippen LogP contribution in [-0.4, -0.2) is 21.6 Å². The summed E-state index contributed by atoms with van der Waals surface area (Å²) in [6.45, 7) is 1.91. The van der Waals surface area contributed by atoms with Gasteiger partial charge in [0.05, 0.1) is 0 Å². The number of rotatable bonds is 5. The van der Waals surface area contributed by atoms with E-state index in [9.17, 15) is 4.57 Å². The van der Waals surface area contributed by atoms with E-state index in [4.69, 9.17) is 15.0 Å². The lowest BCUT2D eigenvalue weighted by atomic mass is 9.91. The first-order valence-electron chi connectivity index (χ1n) is 16.4. The predicted molar refractivity (Wildman–Crippen MR) is 203 cm³/mol. The Kier molecular flexibility index (Phi) is 6.93. The molecule has 0 fully saturated rings. The third kappa shape index (κ3) is 5.01. The monoisotopic (exact) mass is 647 g/mol. The number of benzene rings is 7. The Hall–Kier alpha value is -5.96. The van der Waals surface area contributed by atoms with E-state index in [1.54, 1.807) is 0 Å². The van der Waals surface area contributed by atoms with Gasteiger partial charge in [0.2, 0.25) is 0 Å². The van der Waals surface area contributed by atoms with E-state index in [1.807, 2.05) is 85.5 Å². The van der Waals surface area contributed by atoms with Crippen molar-refractivity contribution in [2.75, 3.05) is 6.66 Å². The van der Waals surface area contributed by atoms with Gasteiger partial charge in [-0.1, -0.05) is 152 Å². The lowest BCUT2D eigenvalue weighted by molar-refractivity contribution is 0.591. The molecular weight excluding hydrogens is 617 g/mol. The number of fused-ring (bicyclic) bond motifs is 4. The first-order valence-corrected chi connectivity index (χ1v) is 18.5. The van der Waals surface area contributed by atoms with Gasteiger partial charge in [0.1, 0.15) is 7.14 Å². The molecule has 4 nitrogen and oxygen atoms in total. The largest absolute Gasteiger partial charge is 0.314 e. The molecular formula is C44H30N3OP. The second-order valence-corrected chi connectivity index (χ2v) is 15.3. The highest BCUT2D eigenvalue weighted by Crippen LogP contribution is 2.52. The lowest BCUT2D eigenvalue weighted by Crippen LogP contribution is -2.11. The van der Waals surface area contributed by atoms with Crippen molar-refractivity contribution >= 4 is 28.5 Å². The Balaban J connectivity index is 1.17. The van der Waals surface area contributed by atoms with Gasteiger partial charge in [-0.15, -0.1) is 0 Å². The minimum absolute atomic E-state index is 0.621. The first kappa shape index (κ1) is 29.2. The molecule has 0 bridgehead atoms. The zero-order valence-electron chi connectivity index (χ0n) is 26.8. The molecule has 9 rings (SSSR count). The van der Waals surface area contributed by atoms with Crippen molar-refractivity contribution < 1.29 is 4.57 Å². The van der Waals surface area contributed by atoms with Gasteiger partial charge >= 0.3 is 0 Å². The molecule has 5 heteroatoms. The summed E-state index contributed by atoms with van der Waals surface area (Å²) in [6.07, 6.45) is 0. The van der Waals surface area contributed by atoms with E-state index in [0.717, 1.165) is 71.5 Å². The van der Waals surface area contributed by atoms with Gasteiger partial charge in [0.15, 0.2) is 17.5 Å². The number of nitrogens with zero attached hydrogens (tertiary/aromatic N) is 3. The molecule has 1 unspecified atom stereocenters. The van der Waals surface area contributed by atoms with Crippen LogP contribution in [0.15, 0.2) is 164 Å². The van der Waals surface area contributed by atoms with Crippen LogP contribution in [0, 0.1) is 0 Å². The van der Waals surface area contributed by atoms with Crippen molar-refractivity contribution in [1.82, 2.24) is 15.0 Å². The minimum atomic E-state index is -2.79. The van der Waals surface area contributed by atoms with E-state index >= 15 is 0 Å². The fraction of sp³-hybridized carbons (Fsp3) is 0.0227. The molecule has 232 valence electrons. The summed E-state index contributed by atoms with van der Waals surface area (Å²) >= 11 is 0. The average molecular weight is 648 g/mol. The molecule has 1 atom stereocenters. The van der Waals surface area contributed by atoms with Crippen molar-refractivity contribution in [1.29, 1.82) is 0 Å². The summed E-state index contributed by atoms with van der Waals surface area (Å²) in [5.74, 6) is 1.90. The molecule has 2 heterocycles. The highest BCUT2D eigenvalue weighted by molar-refractivity contribution is 7.79. The van der Waals surface area contributed by atoms with E-state index < -0.39 is 7.14 Å². The van der Waals surface area contributed by atoms with Crippen LogP contribution in [-0.2, 0) is 4.57 Å². The number of hydrogen-bond acceptors (Lipinski definition) is 4. The van der Waals surface area contributed by atoms with Crippen molar-refractivity contribution in [3.63, 3.8) is 0 Å². The highest BCUT2D eigenvalue weighted by Gasteiger charge is 2.36. The number of aromatic nitrogens is 3. The van der Waals surface area contributed by atoms with Crippen LogP contribution in [0.2, 0.25) is 0 Å². The molecule has 0 N–H and O–H groups in total. The second-order valence-electron chi connectivity index (χ2n) is 12.5. The fourth-order valence-corrected chi connectivity index (χ4v) is 9.67. The Bertz CT molecular complexity index is 2520. The maximum absolute atomic E-state index is 14.5. The summed E-state index contributed by atoms with van der Waals surface area (Å²) in [4.78, 5) is 14.7. The van der Waals surface area contributed by atoms with Gasteiger partial charge in [-0.2, -0.15) is 0 Å². The normalized spacial score (nSPS) is 14.8.